The Morgan fingerprint density at radius 3 is 2.77 bits per heavy atom. The third-order valence-corrected chi connectivity index (χ3v) is 4.70. The second-order valence-electron chi connectivity index (χ2n) is 6.45. The number of benzene rings is 2. The minimum Gasteiger partial charge on any atom is -0.481 e. The number of carboxylic acids is 1. The number of fused-ring (bicyclic) bond motifs is 1. The molecule has 1 aliphatic carbocycles. The molecule has 1 N–H and O–H groups in total. The quantitative estimate of drug-likeness (QED) is 0.867. The van der Waals surface area contributed by atoms with Gasteiger partial charge >= 0.3 is 5.97 Å². The lowest BCUT2D eigenvalue weighted by molar-refractivity contribution is -0.136. The van der Waals surface area contributed by atoms with E-state index in [2.05, 4.69) is 31.2 Å². The van der Waals surface area contributed by atoms with Crippen molar-refractivity contribution < 1.29 is 9.90 Å². The molecule has 0 aromatic heterocycles. The molecule has 0 fully saturated rings. The van der Waals surface area contributed by atoms with Gasteiger partial charge in [-0.15, -0.1) is 0 Å². The molecular formula is C20H22O2. The van der Waals surface area contributed by atoms with Crippen LogP contribution in [0.25, 0.3) is 16.3 Å². The molecule has 2 heteroatoms. The standard InChI is InChI=1S/C20H22O2/c1-13-7-9-15(10-8-13)20-17-6-4-3-5-16(17)11-14(2)18(20)12-19(21)22/h3-6,9,11,13H,7-8,10,12H2,1-2H3,(H,21,22). The average molecular weight is 294 g/mol. The van der Waals surface area contributed by atoms with E-state index in [0.29, 0.717) is 0 Å². The zero-order valence-corrected chi connectivity index (χ0v) is 13.2. The highest BCUT2D eigenvalue weighted by Crippen LogP contribution is 2.37. The highest BCUT2D eigenvalue weighted by atomic mass is 16.4. The van der Waals surface area contributed by atoms with Crippen molar-refractivity contribution in [2.24, 2.45) is 5.92 Å². The maximum absolute atomic E-state index is 11.3. The van der Waals surface area contributed by atoms with Crippen LogP contribution in [0.3, 0.4) is 0 Å². The van der Waals surface area contributed by atoms with Crippen LogP contribution in [0, 0.1) is 12.8 Å². The molecule has 2 aromatic rings. The first kappa shape index (κ1) is 14.8. The van der Waals surface area contributed by atoms with Gasteiger partial charge in [-0.1, -0.05) is 43.3 Å². The summed E-state index contributed by atoms with van der Waals surface area (Å²) in [6, 6.07) is 10.4. The highest BCUT2D eigenvalue weighted by molar-refractivity contribution is 5.97. The first-order valence-electron chi connectivity index (χ1n) is 7.98. The number of rotatable bonds is 3. The van der Waals surface area contributed by atoms with Crippen molar-refractivity contribution in [2.75, 3.05) is 0 Å². The first-order valence-corrected chi connectivity index (χ1v) is 7.98. The molecular weight excluding hydrogens is 272 g/mol. The van der Waals surface area contributed by atoms with Crippen molar-refractivity contribution in [3.8, 4) is 0 Å². The van der Waals surface area contributed by atoms with Crippen LogP contribution in [0.2, 0.25) is 0 Å². The summed E-state index contributed by atoms with van der Waals surface area (Å²) in [6.45, 7) is 4.31. The summed E-state index contributed by atoms with van der Waals surface area (Å²) in [5, 5.41) is 11.7. The molecule has 0 heterocycles. The molecule has 2 nitrogen and oxygen atoms in total. The van der Waals surface area contributed by atoms with Crippen molar-refractivity contribution in [1.82, 2.24) is 0 Å². The summed E-state index contributed by atoms with van der Waals surface area (Å²) in [5.41, 5.74) is 4.56. The van der Waals surface area contributed by atoms with E-state index in [1.54, 1.807) is 0 Å². The van der Waals surface area contributed by atoms with Crippen molar-refractivity contribution in [3.05, 3.63) is 53.1 Å². The zero-order chi connectivity index (χ0) is 15.7. The van der Waals surface area contributed by atoms with Gasteiger partial charge in [-0.05, 0) is 65.1 Å². The molecule has 114 valence electrons. The van der Waals surface area contributed by atoms with Crippen LogP contribution < -0.4 is 0 Å². The number of carbonyl (C=O) groups is 1. The monoisotopic (exact) mass is 294 g/mol. The molecule has 1 aliphatic rings. The van der Waals surface area contributed by atoms with Gasteiger partial charge in [-0.2, -0.15) is 0 Å². The fourth-order valence-electron chi connectivity index (χ4n) is 3.47. The number of aliphatic carboxylic acids is 1. The molecule has 0 spiro atoms. The molecule has 0 radical (unpaired) electrons. The third-order valence-electron chi connectivity index (χ3n) is 4.70. The molecule has 0 amide bonds. The van der Waals surface area contributed by atoms with Crippen LogP contribution in [0.5, 0.6) is 0 Å². The molecule has 1 unspecified atom stereocenters. The molecule has 22 heavy (non-hydrogen) atoms. The van der Waals surface area contributed by atoms with Gasteiger partial charge in [0.25, 0.3) is 0 Å². The fourth-order valence-corrected chi connectivity index (χ4v) is 3.47. The van der Waals surface area contributed by atoms with Crippen LogP contribution >= 0.6 is 0 Å². The van der Waals surface area contributed by atoms with Gasteiger partial charge in [-0.3, -0.25) is 4.79 Å². The van der Waals surface area contributed by atoms with E-state index in [1.165, 1.54) is 28.3 Å². The van der Waals surface area contributed by atoms with E-state index >= 15 is 0 Å². The highest BCUT2D eigenvalue weighted by Gasteiger charge is 2.19. The predicted octanol–water partition coefficient (Wildman–Crippen LogP) is 4.98. The number of hydrogen-bond donors (Lipinski definition) is 1. The average Bonchev–Trinajstić information content (AvgIpc) is 2.49. The van der Waals surface area contributed by atoms with Crippen LogP contribution in [-0.4, -0.2) is 11.1 Å². The maximum atomic E-state index is 11.3. The second kappa shape index (κ2) is 5.96. The smallest absolute Gasteiger partial charge is 0.307 e. The summed E-state index contributed by atoms with van der Waals surface area (Å²) in [6.07, 6.45) is 5.73. The summed E-state index contributed by atoms with van der Waals surface area (Å²) in [5.74, 6) is -0.0350. The van der Waals surface area contributed by atoms with Crippen molar-refractivity contribution >= 4 is 22.3 Å². The van der Waals surface area contributed by atoms with Crippen molar-refractivity contribution in [1.29, 1.82) is 0 Å². The molecule has 0 aliphatic heterocycles. The normalized spacial score (nSPS) is 18.3. The lowest BCUT2D eigenvalue weighted by atomic mass is 9.82. The van der Waals surface area contributed by atoms with Crippen LogP contribution in [0.4, 0.5) is 0 Å². The molecule has 1 atom stereocenters. The van der Waals surface area contributed by atoms with E-state index in [4.69, 9.17) is 0 Å². The number of aryl methyl sites for hydroxylation is 1. The molecule has 0 saturated heterocycles. The Morgan fingerprint density at radius 2 is 2.09 bits per heavy atom. The molecule has 0 saturated carbocycles. The number of allylic oxidation sites excluding steroid dienone is 2. The first-order chi connectivity index (χ1) is 10.6. The van der Waals surface area contributed by atoms with Crippen molar-refractivity contribution in [3.63, 3.8) is 0 Å². The summed E-state index contributed by atoms with van der Waals surface area (Å²) in [4.78, 5) is 11.3. The SMILES string of the molecule is Cc1cc2ccccc2c(C2=CCC(C)CC2)c1CC(=O)O. The Morgan fingerprint density at radius 1 is 1.32 bits per heavy atom. The Bertz CT molecular complexity index is 756. The Labute approximate surface area is 131 Å². The van der Waals surface area contributed by atoms with Crippen LogP contribution in [0.15, 0.2) is 36.4 Å². The summed E-state index contributed by atoms with van der Waals surface area (Å²) in [7, 11) is 0. The topological polar surface area (TPSA) is 37.3 Å². The van der Waals surface area contributed by atoms with E-state index < -0.39 is 5.97 Å². The van der Waals surface area contributed by atoms with Crippen LogP contribution in [0.1, 0.15) is 42.9 Å². The second-order valence-corrected chi connectivity index (χ2v) is 6.45. The molecule has 3 rings (SSSR count). The summed E-state index contributed by atoms with van der Waals surface area (Å²) >= 11 is 0. The van der Waals surface area contributed by atoms with Crippen LogP contribution in [-0.2, 0) is 11.2 Å². The fraction of sp³-hybridized carbons (Fsp3) is 0.350. The van der Waals surface area contributed by atoms with Gasteiger partial charge in [-0.25, -0.2) is 0 Å². The Hall–Kier alpha value is -2.09. The number of hydrogen-bond acceptors (Lipinski definition) is 1. The molecule has 0 bridgehead atoms. The lowest BCUT2D eigenvalue weighted by Crippen LogP contribution is -2.09. The van der Waals surface area contributed by atoms with Gasteiger partial charge in [0.15, 0.2) is 0 Å². The van der Waals surface area contributed by atoms with Gasteiger partial charge in [0, 0.05) is 0 Å². The minimum absolute atomic E-state index is 0.0961. The number of carboxylic acid groups (broad SMARTS) is 1. The van der Waals surface area contributed by atoms with Crippen molar-refractivity contribution in [2.45, 2.75) is 39.5 Å². The van der Waals surface area contributed by atoms with Gasteiger partial charge < -0.3 is 5.11 Å². The minimum atomic E-state index is -0.760. The summed E-state index contributed by atoms with van der Waals surface area (Å²) < 4.78 is 0. The third kappa shape index (κ3) is 2.78. The zero-order valence-electron chi connectivity index (χ0n) is 13.2. The van der Waals surface area contributed by atoms with E-state index in [9.17, 15) is 9.90 Å². The van der Waals surface area contributed by atoms with Gasteiger partial charge in [0.1, 0.15) is 0 Å². The van der Waals surface area contributed by atoms with E-state index in [0.717, 1.165) is 29.9 Å². The van der Waals surface area contributed by atoms with E-state index in [-0.39, 0.29) is 6.42 Å². The predicted molar refractivity (Wildman–Crippen MR) is 91.0 cm³/mol. The lowest BCUT2D eigenvalue weighted by Gasteiger charge is -2.23. The largest absolute Gasteiger partial charge is 0.481 e. The van der Waals surface area contributed by atoms with Gasteiger partial charge in [0.05, 0.1) is 6.42 Å². The Balaban J connectivity index is 2.25. The van der Waals surface area contributed by atoms with Gasteiger partial charge in [0.2, 0.25) is 0 Å². The molecule has 2 aromatic carbocycles. The Kier molecular flexibility index (Phi) is 4.02. The van der Waals surface area contributed by atoms with E-state index in [1.807, 2.05) is 19.1 Å². The maximum Gasteiger partial charge on any atom is 0.307 e.